The summed E-state index contributed by atoms with van der Waals surface area (Å²) in [6.45, 7) is 1.28. The van der Waals surface area contributed by atoms with Gasteiger partial charge in [0.05, 0.1) is 26.7 Å². The number of nitrogens with one attached hydrogen (secondary N) is 1. The highest BCUT2D eigenvalue weighted by atomic mass is 16.6. The fourth-order valence-corrected chi connectivity index (χ4v) is 1.85. The minimum absolute atomic E-state index is 0.146. The highest BCUT2D eigenvalue weighted by Gasteiger charge is 2.15. The van der Waals surface area contributed by atoms with Gasteiger partial charge in [0.2, 0.25) is 5.75 Å². The van der Waals surface area contributed by atoms with E-state index < -0.39 is 11.9 Å². The van der Waals surface area contributed by atoms with Crippen LogP contribution in [0.5, 0.6) is 17.2 Å². The smallest absolute Gasteiger partial charge is 0.308 e. The molecular weight excluding hydrogens is 316 g/mol. The molecule has 0 fully saturated rings. The number of amides is 1. The standard InChI is InChI=1S/C16H16N2O6/c1-10(19)24-15-13(21-2)7-11(8-14(15)22-3)9-17-18-16(20)12-5-4-6-23-12/h4-9H,1-3H3,(H,18,20)/b17-9-. The lowest BCUT2D eigenvalue weighted by Crippen LogP contribution is -2.16. The number of hydrogen-bond donors (Lipinski definition) is 1. The first kappa shape index (κ1) is 17.1. The molecule has 8 heteroatoms. The Balaban J connectivity index is 2.19. The Hall–Kier alpha value is -3.29. The number of hydrogen-bond acceptors (Lipinski definition) is 7. The molecule has 0 aliphatic carbocycles. The lowest BCUT2D eigenvalue weighted by Gasteiger charge is -2.13. The largest absolute Gasteiger partial charge is 0.493 e. The van der Waals surface area contributed by atoms with Crippen molar-refractivity contribution in [1.82, 2.24) is 5.43 Å². The zero-order chi connectivity index (χ0) is 17.5. The number of esters is 1. The Morgan fingerprint density at radius 2 is 1.88 bits per heavy atom. The summed E-state index contributed by atoms with van der Waals surface area (Å²) >= 11 is 0. The molecular formula is C16H16N2O6. The van der Waals surface area contributed by atoms with Crippen LogP contribution in [0.2, 0.25) is 0 Å². The van der Waals surface area contributed by atoms with Crippen LogP contribution in [0.4, 0.5) is 0 Å². The normalized spacial score (nSPS) is 10.5. The molecule has 0 radical (unpaired) electrons. The van der Waals surface area contributed by atoms with Crippen LogP contribution in [0.3, 0.4) is 0 Å². The minimum atomic E-state index is -0.501. The lowest BCUT2D eigenvalue weighted by molar-refractivity contribution is -0.132. The van der Waals surface area contributed by atoms with Crippen molar-refractivity contribution in [3.8, 4) is 17.2 Å². The summed E-state index contributed by atoms with van der Waals surface area (Å²) in [5.41, 5.74) is 2.89. The van der Waals surface area contributed by atoms with Crippen molar-refractivity contribution in [2.75, 3.05) is 14.2 Å². The monoisotopic (exact) mass is 332 g/mol. The van der Waals surface area contributed by atoms with Crippen molar-refractivity contribution in [2.24, 2.45) is 5.10 Å². The van der Waals surface area contributed by atoms with Gasteiger partial charge in [0.1, 0.15) is 0 Å². The molecule has 1 heterocycles. The molecule has 2 rings (SSSR count). The minimum Gasteiger partial charge on any atom is -0.493 e. The predicted molar refractivity (Wildman–Crippen MR) is 84.6 cm³/mol. The average molecular weight is 332 g/mol. The molecule has 1 amide bonds. The average Bonchev–Trinajstić information content (AvgIpc) is 3.09. The molecule has 0 bridgehead atoms. The van der Waals surface area contributed by atoms with E-state index in [9.17, 15) is 9.59 Å². The summed E-state index contributed by atoms with van der Waals surface area (Å²) in [7, 11) is 2.86. The maximum Gasteiger partial charge on any atom is 0.308 e. The quantitative estimate of drug-likeness (QED) is 0.376. The summed E-state index contributed by atoms with van der Waals surface area (Å²) in [6, 6.07) is 6.29. The van der Waals surface area contributed by atoms with Gasteiger partial charge >= 0.3 is 11.9 Å². The van der Waals surface area contributed by atoms with Crippen molar-refractivity contribution in [2.45, 2.75) is 6.92 Å². The molecule has 0 unspecified atom stereocenters. The first-order valence-electron chi connectivity index (χ1n) is 6.86. The zero-order valence-electron chi connectivity index (χ0n) is 13.4. The maximum atomic E-state index is 11.7. The van der Waals surface area contributed by atoms with Crippen LogP contribution in [0.15, 0.2) is 40.0 Å². The summed E-state index contributed by atoms with van der Waals surface area (Å²) in [5.74, 6) is -0.0750. The van der Waals surface area contributed by atoms with Crippen molar-refractivity contribution >= 4 is 18.1 Å². The highest BCUT2D eigenvalue weighted by Crippen LogP contribution is 2.38. The van der Waals surface area contributed by atoms with E-state index in [-0.39, 0.29) is 11.5 Å². The molecule has 1 N–H and O–H groups in total. The number of furan rings is 1. The molecule has 0 spiro atoms. The second kappa shape index (κ2) is 7.82. The van der Waals surface area contributed by atoms with Gasteiger partial charge in [-0.1, -0.05) is 0 Å². The third-order valence-electron chi connectivity index (χ3n) is 2.85. The van der Waals surface area contributed by atoms with E-state index in [0.29, 0.717) is 17.1 Å². The van der Waals surface area contributed by atoms with Gasteiger partial charge in [-0.25, -0.2) is 5.43 Å². The van der Waals surface area contributed by atoms with E-state index >= 15 is 0 Å². The van der Waals surface area contributed by atoms with E-state index in [4.69, 9.17) is 18.6 Å². The number of carbonyl (C=O) groups excluding carboxylic acids is 2. The van der Waals surface area contributed by atoms with Gasteiger partial charge in [-0.15, -0.1) is 0 Å². The van der Waals surface area contributed by atoms with Crippen LogP contribution in [-0.4, -0.2) is 32.3 Å². The second-order valence-electron chi connectivity index (χ2n) is 4.52. The van der Waals surface area contributed by atoms with Gasteiger partial charge in [0, 0.05) is 12.5 Å². The Kier molecular flexibility index (Phi) is 5.56. The van der Waals surface area contributed by atoms with Crippen LogP contribution >= 0.6 is 0 Å². The third kappa shape index (κ3) is 4.13. The van der Waals surface area contributed by atoms with Crippen LogP contribution in [-0.2, 0) is 4.79 Å². The van der Waals surface area contributed by atoms with E-state index in [1.54, 1.807) is 18.2 Å². The topological polar surface area (TPSA) is 99.4 Å². The SMILES string of the molecule is COc1cc(/C=N\NC(=O)c2ccco2)cc(OC)c1OC(C)=O. The van der Waals surface area contributed by atoms with E-state index in [1.165, 1.54) is 39.7 Å². The lowest BCUT2D eigenvalue weighted by atomic mass is 10.2. The molecule has 1 aromatic carbocycles. The number of benzene rings is 1. The van der Waals surface area contributed by atoms with Crippen LogP contribution in [0, 0.1) is 0 Å². The van der Waals surface area contributed by atoms with Crippen molar-refractivity contribution < 1.29 is 28.2 Å². The van der Waals surface area contributed by atoms with Gasteiger partial charge in [-0.05, 0) is 24.3 Å². The highest BCUT2D eigenvalue weighted by molar-refractivity contribution is 5.92. The van der Waals surface area contributed by atoms with Gasteiger partial charge in [0.15, 0.2) is 17.3 Å². The third-order valence-corrected chi connectivity index (χ3v) is 2.85. The predicted octanol–water partition coefficient (Wildman–Crippen LogP) is 1.99. The first-order chi connectivity index (χ1) is 11.5. The van der Waals surface area contributed by atoms with Crippen molar-refractivity contribution in [3.63, 3.8) is 0 Å². The second-order valence-corrected chi connectivity index (χ2v) is 4.52. The Labute approximate surface area is 138 Å². The Morgan fingerprint density at radius 3 is 2.38 bits per heavy atom. The van der Waals surface area contributed by atoms with Crippen molar-refractivity contribution in [1.29, 1.82) is 0 Å². The number of nitrogens with zero attached hydrogens (tertiary/aromatic N) is 1. The zero-order valence-corrected chi connectivity index (χ0v) is 13.4. The summed E-state index contributed by atoms with van der Waals surface area (Å²) in [4.78, 5) is 22.9. The van der Waals surface area contributed by atoms with E-state index in [0.717, 1.165) is 0 Å². The Morgan fingerprint density at radius 1 is 1.21 bits per heavy atom. The number of hydrazone groups is 1. The Bertz CT molecular complexity index is 727. The molecule has 1 aromatic heterocycles. The van der Waals surface area contributed by atoms with Crippen LogP contribution < -0.4 is 19.6 Å². The molecule has 0 aliphatic rings. The molecule has 0 saturated carbocycles. The molecule has 0 atom stereocenters. The van der Waals surface area contributed by atoms with Crippen LogP contribution in [0.25, 0.3) is 0 Å². The molecule has 8 nitrogen and oxygen atoms in total. The molecule has 0 aliphatic heterocycles. The van der Waals surface area contributed by atoms with Gasteiger partial charge in [-0.2, -0.15) is 5.10 Å². The van der Waals surface area contributed by atoms with Crippen LogP contribution in [0.1, 0.15) is 23.0 Å². The van der Waals surface area contributed by atoms with E-state index in [2.05, 4.69) is 10.5 Å². The van der Waals surface area contributed by atoms with E-state index in [1.807, 2.05) is 0 Å². The maximum absolute atomic E-state index is 11.7. The number of carbonyl (C=O) groups is 2. The summed E-state index contributed by atoms with van der Waals surface area (Å²) in [6.07, 6.45) is 2.78. The van der Waals surface area contributed by atoms with Gasteiger partial charge < -0.3 is 18.6 Å². The molecule has 0 saturated heterocycles. The molecule has 24 heavy (non-hydrogen) atoms. The molecule has 126 valence electrons. The van der Waals surface area contributed by atoms with Gasteiger partial charge in [-0.3, -0.25) is 9.59 Å². The number of methoxy groups -OCH3 is 2. The fraction of sp³-hybridized carbons (Fsp3) is 0.188. The number of ether oxygens (including phenoxy) is 3. The summed E-state index contributed by atoms with van der Waals surface area (Å²) < 4.78 is 20.4. The number of rotatable bonds is 6. The van der Waals surface area contributed by atoms with Crippen molar-refractivity contribution in [3.05, 3.63) is 41.9 Å². The fourth-order valence-electron chi connectivity index (χ4n) is 1.85. The summed E-state index contributed by atoms with van der Waals surface area (Å²) in [5, 5.41) is 3.84. The first-order valence-corrected chi connectivity index (χ1v) is 6.86. The molecule has 2 aromatic rings. The van der Waals surface area contributed by atoms with Gasteiger partial charge in [0.25, 0.3) is 0 Å².